The van der Waals surface area contributed by atoms with Gasteiger partial charge in [-0.05, 0) is 30.9 Å². The monoisotopic (exact) mass is 281 g/mol. The van der Waals surface area contributed by atoms with Crippen LogP contribution >= 0.6 is 11.8 Å². The molecule has 0 unspecified atom stereocenters. The predicted molar refractivity (Wildman–Crippen MR) is 84.9 cm³/mol. The van der Waals surface area contributed by atoms with Gasteiger partial charge in [-0.3, -0.25) is 4.99 Å². The summed E-state index contributed by atoms with van der Waals surface area (Å²) in [5.41, 5.74) is 7.91. The molecule has 0 atom stereocenters. The molecule has 0 saturated heterocycles. The Kier molecular flexibility index (Phi) is 8.09. The maximum atomic E-state index is 5.88. The zero-order chi connectivity index (χ0) is 13.9. The van der Waals surface area contributed by atoms with E-state index in [0.29, 0.717) is 12.6 Å². The molecule has 0 aliphatic heterocycles. The molecule has 1 aromatic rings. The first-order valence-corrected chi connectivity index (χ1v) is 7.80. The van der Waals surface area contributed by atoms with Crippen molar-refractivity contribution in [1.29, 1.82) is 0 Å². The van der Waals surface area contributed by atoms with Crippen LogP contribution in [0.3, 0.4) is 0 Å². The quantitative estimate of drug-likeness (QED) is 0.437. The van der Waals surface area contributed by atoms with Crippen LogP contribution in [0, 0.1) is 0 Å². The van der Waals surface area contributed by atoms with Crippen LogP contribution in [0.1, 0.15) is 18.4 Å². The molecule has 0 aliphatic rings. The second-order valence-corrected chi connectivity index (χ2v) is 5.17. The number of methoxy groups -OCH3 is 1. The number of hydrogen-bond acceptors (Lipinski definition) is 3. The Morgan fingerprint density at radius 2 is 2.16 bits per heavy atom. The Labute approximate surface area is 119 Å². The van der Waals surface area contributed by atoms with Gasteiger partial charge in [0.2, 0.25) is 0 Å². The average molecular weight is 281 g/mol. The van der Waals surface area contributed by atoms with Gasteiger partial charge >= 0.3 is 0 Å². The number of para-hydroxylation sites is 1. The molecule has 0 aliphatic carbocycles. The normalized spacial score (nSPS) is 11.6. The molecule has 5 heteroatoms. The Balaban J connectivity index is 2.46. The number of guanidine groups is 1. The topological polar surface area (TPSA) is 59.6 Å². The highest BCUT2D eigenvalue weighted by atomic mass is 32.2. The molecular formula is C14H23N3OS. The molecule has 106 valence electrons. The van der Waals surface area contributed by atoms with E-state index < -0.39 is 0 Å². The molecule has 0 saturated carbocycles. The van der Waals surface area contributed by atoms with Crippen molar-refractivity contribution in [1.82, 2.24) is 0 Å². The minimum absolute atomic E-state index is 0.465. The van der Waals surface area contributed by atoms with Crippen LogP contribution in [-0.4, -0.2) is 31.6 Å². The molecule has 0 bridgehead atoms. The van der Waals surface area contributed by atoms with Crippen LogP contribution < -0.4 is 11.1 Å². The van der Waals surface area contributed by atoms with Gasteiger partial charge in [0.05, 0.1) is 6.61 Å². The van der Waals surface area contributed by atoms with Crippen LogP contribution in [0.25, 0.3) is 0 Å². The molecule has 1 rings (SSSR count). The van der Waals surface area contributed by atoms with E-state index in [0.717, 1.165) is 24.2 Å². The average Bonchev–Trinajstić information content (AvgIpc) is 2.41. The minimum Gasteiger partial charge on any atom is -0.380 e. The first-order chi connectivity index (χ1) is 9.27. The smallest absolute Gasteiger partial charge is 0.193 e. The van der Waals surface area contributed by atoms with Crippen molar-refractivity contribution < 1.29 is 4.74 Å². The molecule has 0 fully saturated rings. The predicted octanol–water partition coefficient (Wildman–Crippen LogP) is 2.70. The molecule has 0 heterocycles. The van der Waals surface area contributed by atoms with E-state index in [9.17, 15) is 0 Å². The van der Waals surface area contributed by atoms with Crippen LogP contribution in [0.15, 0.2) is 29.3 Å². The van der Waals surface area contributed by atoms with Gasteiger partial charge in [0.25, 0.3) is 0 Å². The lowest BCUT2D eigenvalue weighted by Gasteiger charge is -2.10. The van der Waals surface area contributed by atoms with Crippen molar-refractivity contribution in [3.8, 4) is 0 Å². The fraction of sp³-hybridized carbons (Fsp3) is 0.500. The lowest BCUT2D eigenvalue weighted by Crippen LogP contribution is -2.23. The summed E-state index contributed by atoms with van der Waals surface area (Å²) in [6, 6.07) is 7.94. The second-order valence-electron chi connectivity index (χ2n) is 4.18. The van der Waals surface area contributed by atoms with Crippen molar-refractivity contribution in [3.05, 3.63) is 29.8 Å². The first-order valence-electron chi connectivity index (χ1n) is 6.40. The summed E-state index contributed by atoms with van der Waals surface area (Å²) in [4.78, 5) is 4.33. The molecule has 19 heavy (non-hydrogen) atoms. The van der Waals surface area contributed by atoms with Gasteiger partial charge in [0.15, 0.2) is 5.96 Å². The molecule has 3 N–H and O–H groups in total. The van der Waals surface area contributed by atoms with E-state index in [1.807, 2.05) is 36.0 Å². The van der Waals surface area contributed by atoms with Crippen LogP contribution in [-0.2, 0) is 11.3 Å². The third-order valence-electron chi connectivity index (χ3n) is 2.62. The number of nitrogens with zero attached hydrogens (tertiary/aromatic N) is 1. The van der Waals surface area contributed by atoms with Crippen LogP contribution in [0.4, 0.5) is 5.69 Å². The number of ether oxygens (including phenoxy) is 1. The Morgan fingerprint density at radius 3 is 2.89 bits per heavy atom. The van der Waals surface area contributed by atoms with Crippen molar-refractivity contribution >= 4 is 23.4 Å². The Morgan fingerprint density at radius 1 is 1.37 bits per heavy atom. The maximum absolute atomic E-state index is 5.88. The summed E-state index contributed by atoms with van der Waals surface area (Å²) in [6.45, 7) is 1.33. The highest BCUT2D eigenvalue weighted by Gasteiger charge is 2.01. The number of aliphatic imine (C=N–C) groups is 1. The molecule has 0 aromatic heterocycles. The van der Waals surface area contributed by atoms with Gasteiger partial charge in [-0.25, -0.2) is 0 Å². The summed E-state index contributed by atoms with van der Waals surface area (Å²) in [6.07, 6.45) is 4.37. The third kappa shape index (κ3) is 6.50. The zero-order valence-corrected chi connectivity index (χ0v) is 12.5. The van der Waals surface area contributed by atoms with E-state index >= 15 is 0 Å². The van der Waals surface area contributed by atoms with Gasteiger partial charge in [-0.1, -0.05) is 18.2 Å². The number of rotatable bonds is 8. The summed E-state index contributed by atoms with van der Waals surface area (Å²) >= 11 is 1.86. The van der Waals surface area contributed by atoms with E-state index in [-0.39, 0.29) is 0 Å². The van der Waals surface area contributed by atoms with Gasteiger partial charge in [-0.15, -0.1) is 0 Å². The van der Waals surface area contributed by atoms with Gasteiger partial charge < -0.3 is 15.8 Å². The highest BCUT2D eigenvalue weighted by Crippen LogP contribution is 2.15. The standard InChI is InChI=1S/C14H23N3OS/c1-18-11-12-7-3-4-8-13(12)17-14(15)16-9-5-6-10-19-2/h3-4,7-8H,5-6,9-11H2,1-2H3,(H3,15,16,17). The van der Waals surface area contributed by atoms with E-state index in [2.05, 4.69) is 16.6 Å². The number of thioether (sulfide) groups is 1. The fourth-order valence-electron chi connectivity index (χ4n) is 1.66. The van der Waals surface area contributed by atoms with Crippen molar-refractivity contribution in [2.45, 2.75) is 19.4 Å². The number of nitrogens with two attached hydrogens (primary N) is 1. The Bertz CT molecular complexity index is 396. The zero-order valence-electron chi connectivity index (χ0n) is 11.7. The summed E-state index contributed by atoms with van der Waals surface area (Å²) in [7, 11) is 1.68. The SMILES string of the molecule is COCc1ccccc1NC(N)=NCCCCSC. The number of hydrogen-bond donors (Lipinski definition) is 2. The van der Waals surface area contributed by atoms with Crippen molar-refractivity contribution in [2.24, 2.45) is 10.7 Å². The highest BCUT2D eigenvalue weighted by molar-refractivity contribution is 7.98. The molecule has 1 aromatic carbocycles. The number of benzene rings is 1. The lowest BCUT2D eigenvalue weighted by atomic mass is 10.2. The van der Waals surface area contributed by atoms with Gasteiger partial charge in [0.1, 0.15) is 0 Å². The lowest BCUT2D eigenvalue weighted by molar-refractivity contribution is 0.185. The second kappa shape index (κ2) is 9.69. The molecule has 0 radical (unpaired) electrons. The van der Waals surface area contributed by atoms with Crippen LogP contribution in [0.5, 0.6) is 0 Å². The van der Waals surface area contributed by atoms with E-state index in [1.54, 1.807) is 7.11 Å². The van der Waals surface area contributed by atoms with E-state index in [1.165, 1.54) is 12.2 Å². The molecule has 4 nitrogen and oxygen atoms in total. The number of unbranched alkanes of at least 4 members (excludes halogenated alkanes) is 1. The maximum Gasteiger partial charge on any atom is 0.193 e. The summed E-state index contributed by atoms with van der Waals surface area (Å²) in [5, 5.41) is 3.13. The number of nitrogens with one attached hydrogen (secondary N) is 1. The van der Waals surface area contributed by atoms with Crippen molar-refractivity contribution in [3.63, 3.8) is 0 Å². The van der Waals surface area contributed by atoms with Crippen LogP contribution in [0.2, 0.25) is 0 Å². The largest absolute Gasteiger partial charge is 0.380 e. The fourth-order valence-corrected chi connectivity index (χ4v) is 2.15. The molecule has 0 amide bonds. The Hall–Kier alpha value is -1.20. The number of anilines is 1. The van der Waals surface area contributed by atoms with Gasteiger partial charge in [-0.2, -0.15) is 11.8 Å². The van der Waals surface area contributed by atoms with Crippen molar-refractivity contribution in [2.75, 3.05) is 31.0 Å². The first kappa shape index (κ1) is 15.9. The van der Waals surface area contributed by atoms with Gasteiger partial charge in [0, 0.05) is 24.9 Å². The summed E-state index contributed by atoms with van der Waals surface area (Å²) < 4.78 is 5.15. The van der Waals surface area contributed by atoms with E-state index in [4.69, 9.17) is 10.5 Å². The molecule has 0 spiro atoms. The summed E-state index contributed by atoms with van der Waals surface area (Å²) in [5.74, 6) is 1.65. The third-order valence-corrected chi connectivity index (χ3v) is 3.32. The minimum atomic E-state index is 0.465. The molecular weight excluding hydrogens is 258 g/mol.